The van der Waals surface area contributed by atoms with Gasteiger partial charge in [-0.1, -0.05) is 36.0 Å². The summed E-state index contributed by atoms with van der Waals surface area (Å²) in [5.41, 5.74) is 4.02. The topological polar surface area (TPSA) is 84.2 Å². The second-order valence-electron chi connectivity index (χ2n) is 7.69. The molecule has 3 heterocycles. The zero-order chi connectivity index (χ0) is 21.8. The summed E-state index contributed by atoms with van der Waals surface area (Å²) in [6.07, 6.45) is 3.72. The van der Waals surface area contributed by atoms with Gasteiger partial charge in [-0.25, -0.2) is 4.98 Å². The second-order valence-corrected chi connectivity index (χ2v) is 8.61. The predicted molar refractivity (Wildman–Crippen MR) is 127 cm³/mol. The van der Waals surface area contributed by atoms with Crippen LogP contribution in [0.2, 0.25) is 0 Å². The lowest BCUT2D eigenvalue weighted by atomic mass is 10.1. The fourth-order valence-electron chi connectivity index (χ4n) is 3.73. The van der Waals surface area contributed by atoms with Crippen LogP contribution in [0.4, 0.5) is 11.5 Å². The monoisotopic (exact) mass is 445 g/mol. The molecular formula is C24H23N5O2S. The number of carbonyl (C=O) groups excluding carboxylic acids is 1. The first-order valence-corrected chi connectivity index (χ1v) is 11.7. The molecule has 0 aliphatic carbocycles. The van der Waals surface area contributed by atoms with Crippen molar-refractivity contribution in [2.75, 3.05) is 29.1 Å². The van der Waals surface area contributed by atoms with Crippen LogP contribution in [-0.4, -0.2) is 39.9 Å². The Hall–Kier alpha value is -3.39. The molecule has 0 bridgehead atoms. The summed E-state index contributed by atoms with van der Waals surface area (Å²) >= 11 is 1.27. The Labute approximate surface area is 190 Å². The Morgan fingerprint density at radius 1 is 0.969 bits per heavy atom. The third-order valence-electron chi connectivity index (χ3n) is 5.40. The molecule has 4 aromatic rings. The molecule has 1 saturated heterocycles. The summed E-state index contributed by atoms with van der Waals surface area (Å²) < 4.78 is 5.64. The highest BCUT2D eigenvalue weighted by molar-refractivity contribution is 7.99. The predicted octanol–water partition coefficient (Wildman–Crippen LogP) is 5.01. The number of rotatable bonds is 6. The SMILES string of the molecule is O=C(CSc1nc2ccccc2o1)Nc1ccc(-c2ccc(N3CCCCC3)nn2)cc1. The Kier molecular flexibility index (Phi) is 6.02. The van der Waals surface area contributed by atoms with Gasteiger partial charge in [0.2, 0.25) is 5.91 Å². The van der Waals surface area contributed by atoms with E-state index in [1.807, 2.05) is 60.7 Å². The number of hydrogen-bond acceptors (Lipinski definition) is 7. The maximum absolute atomic E-state index is 12.3. The third kappa shape index (κ3) is 4.75. The van der Waals surface area contributed by atoms with Crippen LogP contribution in [0.3, 0.4) is 0 Å². The summed E-state index contributed by atoms with van der Waals surface area (Å²) in [4.78, 5) is 19.0. The van der Waals surface area contributed by atoms with Crippen LogP contribution in [0.1, 0.15) is 19.3 Å². The van der Waals surface area contributed by atoms with E-state index in [0.29, 0.717) is 5.22 Å². The van der Waals surface area contributed by atoms with Crippen LogP contribution in [0.5, 0.6) is 0 Å². The molecule has 5 rings (SSSR count). The molecule has 2 aromatic heterocycles. The number of thioether (sulfide) groups is 1. The lowest BCUT2D eigenvalue weighted by Gasteiger charge is -2.27. The van der Waals surface area contributed by atoms with Crippen molar-refractivity contribution >= 4 is 40.3 Å². The van der Waals surface area contributed by atoms with Gasteiger partial charge in [0.15, 0.2) is 11.4 Å². The molecule has 0 unspecified atom stereocenters. The minimum absolute atomic E-state index is 0.115. The average Bonchev–Trinajstić information content (AvgIpc) is 3.27. The van der Waals surface area contributed by atoms with Gasteiger partial charge in [-0.3, -0.25) is 4.79 Å². The number of nitrogens with zero attached hydrogens (tertiary/aromatic N) is 4. The zero-order valence-electron chi connectivity index (χ0n) is 17.5. The quantitative estimate of drug-likeness (QED) is 0.418. The summed E-state index contributed by atoms with van der Waals surface area (Å²) in [7, 11) is 0. The number of carbonyl (C=O) groups is 1. The first-order chi connectivity index (χ1) is 15.7. The molecule has 0 spiro atoms. The van der Waals surface area contributed by atoms with Crippen LogP contribution in [0.15, 0.2) is 70.3 Å². The van der Waals surface area contributed by atoms with Gasteiger partial charge in [0.25, 0.3) is 5.22 Å². The summed E-state index contributed by atoms with van der Waals surface area (Å²) in [6.45, 7) is 2.10. The highest BCUT2D eigenvalue weighted by Gasteiger charge is 2.13. The number of para-hydroxylation sites is 2. The first-order valence-electron chi connectivity index (χ1n) is 10.7. The number of hydrogen-bond donors (Lipinski definition) is 1. The molecule has 162 valence electrons. The molecule has 1 aliphatic heterocycles. The summed E-state index contributed by atoms with van der Waals surface area (Å²) in [5, 5.41) is 12.2. The zero-order valence-corrected chi connectivity index (χ0v) is 18.3. The van der Waals surface area contributed by atoms with E-state index in [4.69, 9.17) is 4.42 Å². The van der Waals surface area contributed by atoms with Crippen molar-refractivity contribution in [2.45, 2.75) is 24.5 Å². The van der Waals surface area contributed by atoms with E-state index < -0.39 is 0 Å². The lowest BCUT2D eigenvalue weighted by Crippen LogP contribution is -2.30. The van der Waals surface area contributed by atoms with E-state index in [0.717, 1.165) is 47.0 Å². The van der Waals surface area contributed by atoms with Crippen molar-refractivity contribution < 1.29 is 9.21 Å². The van der Waals surface area contributed by atoms with Crippen LogP contribution < -0.4 is 10.2 Å². The van der Waals surface area contributed by atoms with Crippen LogP contribution >= 0.6 is 11.8 Å². The number of amides is 1. The molecule has 2 aromatic carbocycles. The molecular weight excluding hydrogens is 422 g/mol. The van der Waals surface area contributed by atoms with E-state index >= 15 is 0 Å². The van der Waals surface area contributed by atoms with Gasteiger partial charge in [0.05, 0.1) is 11.4 Å². The van der Waals surface area contributed by atoms with Gasteiger partial charge in [-0.2, -0.15) is 0 Å². The number of benzene rings is 2. The molecule has 0 saturated carbocycles. The third-order valence-corrected chi connectivity index (χ3v) is 6.22. The molecule has 8 heteroatoms. The molecule has 1 aliphatic rings. The smallest absolute Gasteiger partial charge is 0.257 e. The Morgan fingerprint density at radius 2 is 1.78 bits per heavy atom. The van der Waals surface area contributed by atoms with Crippen LogP contribution in [-0.2, 0) is 4.79 Å². The largest absolute Gasteiger partial charge is 0.431 e. The number of aromatic nitrogens is 3. The van der Waals surface area contributed by atoms with E-state index in [2.05, 4.69) is 25.4 Å². The van der Waals surface area contributed by atoms with Crippen molar-refractivity contribution in [1.29, 1.82) is 0 Å². The first kappa shape index (κ1) is 20.5. The highest BCUT2D eigenvalue weighted by atomic mass is 32.2. The molecule has 1 fully saturated rings. The Balaban J connectivity index is 1.16. The second kappa shape index (κ2) is 9.40. The Bertz CT molecular complexity index is 1170. The molecule has 7 nitrogen and oxygen atoms in total. The molecule has 32 heavy (non-hydrogen) atoms. The Morgan fingerprint density at radius 3 is 2.53 bits per heavy atom. The van der Waals surface area contributed by atoms with E-state index in [9.17, 15) is 4.79 Å². The summed E-state index contributed by atoms with van der Waals surface area (Å²) in [6, 6.07) is 19.2. The van der Waals surface area contributed by atoms with Crippen LogP contribution in [0.25, 0.3) is 22.4 Å². The number of piperidine rings is 1. The molecule has 0 radical (unpaired) electrons. The molecule has 0 atom stereocenters. The number of oxazole rings is 1. The fourth-order valence-corrected chi connectivity index (χ4v) is 4.37. The lowest BCUT2D eigenvalue weighted by molar-refractivity contribution is -0.113. The van der Waals surface area contributed by atoms with Gasteiger partial charge in [0.1, 0.15) is 5.52 Å². The minimum atomic E-state index is -0.115. The number of fused-ring (bicyclic) bond motifs is 1. The van der Waals surface area contributed by atoms with Gasteiger partial charge in [0, 0.05) is 24.3 Å². The van der Waals surface area contributed by atoms with Crippen molar-refractivity contribution in [1.82, 2.24) is 15.2 Å². The van der Waals surface area contributed by atoms with E-state index in [1.165, 1.54) is 31.0 Å². The highest BCUT2D eigenvalue weighted by Crippen LogP contribution is 2.24. The van der Waals surface area contributed by atoms with Gasteiger partial charge in [-0.05, 0) is 55.7 Å². The summed E-state index contributed by atoms with van der Waals surface area (Å²) in [5.74, 6) is 1.04. The van der Waals surface area contributed by atoms with Crippen molar-refractivity contribution in [2.24, 2.45) is 0 Å². The normalized spacial score (nSPS) is 13.9. The molecule has 1 N–H and O–H groups in total. The number of anilines is 2. The maximum Gasteiger partial charge on any atom is 0.257 e. The van der Waals surface area contributed by atoms with E-state index in [1.54, 1.807) is 0 Å². The van der Waals surface area contributed by atoms with E-state index in [-0.39, 0.29) is 11.7 Å². The van der Waals surface area contributed by atoms with Gasteiger partial charge in [-0.15, -0.1) is 10.2 Å². The average molecular weight is 446 g/mol. The van der Waals surface area contributed by atoms with Crippen molar-refractivity contribution in [3.05, 3.63) is 60.7 Å². The van der Waals surface area contributed by atoms with Crippen molar-refractivity contribution in [3.8, 4) is 11.3 Å². The van der Waals surface area contributed by atoms with Crippen molar-refractivity contribution in [3.63, 3.8) is 0 Å². The molecule has 1 amide bonds. The fraction of sp³-hybridized carbons (Fsp3) is 0.250. The van der Waals surface area contributed by atoms with Crippen LogP contribution in [0, 0.1) is 0 Å². The minimum Gasteiger partial charge on any atom is -0.431 e. The standard InChI is InChI=1S/C24H23N5O2S/c30-23(16-32-24-26-20-6-2-3-7-21(20)31-24)25-18-10-8-17(9-11-18)19-12-13-22(28-27-19)29-14-4-1-5-15-29/h2-3,6-13H,1,4-5,14-16H2,(H,25,30). The number of nitrogens with one attached hydrogen (secondary N) is 1. The maximum atomic E-state index is 12.3. The van der Waals surface area contributed by atoms with Gasteiger partial charge >= 0.3 is 0 Å². The van der Waals surface area contributed by atoms with Gasteiger partial charge < -0.3 is 14.6 Å².